The molecule has 0 aliphatic rings. The molecule has 0 aliphatic heterocycles. The summed E-state index contributed by atoms with van der Waals surface area (Å²) >= 11 is 0. The van der Waals surface area contributed by atoms with Gasteiger partial charge in [-0.15, -0.1) is 0 Å². The van der Waals surface area contributed by atoms with Crippen LogP contribution in [0.4, 0.5) is 0 Å². The molecule has 0 saturated carbocycles. The summed E-state index contributed by atoms with van der Waals surface area (Å²) in [7, 11) is 2.78. The first-order valence-electron chi connectivity index (χ1n) is 9.72. The molecule has 2 atom stereocenters. The molecule has 0 spiro atoms. The smallest absolute Gasteiger partial charge is 0.328 e. The van der Waals surface area contributed by atoms with Crippen LogP contribution in [0, 0.1) is 0 Å². The number of methoxy groups -OCH3 is 2. The zero-order chi connectivity index (χ0) is 21.3. The summed E-state index contributed by atoms with van der Waals surface area (Å²) in [6.07, 6.45) is -0.488. The summed E-state index contributed by atoms with van der Waals surface area (Å²) in [4.78, 5) is 25.1. The fourth-order valence-electron chi connectivity index (χ4n) is 3.30. The Morgan fingerprint density at radius 1 is 0.800 bits per heavy atom. The van der Waals surface area contributed by atoms with Crippen LogP contribution in [-0.4, -0.2) is 32.1 Å². The van der Waals surface area contributed by atoms with Gasteiger partial charge in [0.25, 0.3) is 5.91 Å². The predicted octanol–water partition coefficient (Wildman–Crippen LogP) is 3.94. The molecule has 3 aromatic rings. The van der Waals surface area contributed by atoms with Gasteiger partial charge in [0.05, 0.1) is 7.11 Å². The van der Waals surface area contributed by atoms with E-state index in [0.29, 0.717) is 12.0 Å². The lowest BCUT2D eigenvalue weighted by Gasteiger charge is -2.21. The first kappa shape index (κ1) is 21.3. The van der Waals surface area contributed by atoms with E-state index in [-0.39, 0.29) is 5.91 Å². The molecule has 30 heavy (non-hydrogen) atoms. The van der Waals surface area contributed by atoms with Gasteiger partial charge in [0, 0.05) is 13.5 Å². The van der Waals surface area contributed by atoms with Crippen LogP contribution in [0.15, 0.2) is 84.9 Å². The number of amides is 1. The van der Waals surface area contributed by atoms with Crippen molar-refractivity contribution in [3.05, 3.63) is 96.1 Å². The van der Waals surface area contributed by atoms with Gasteiger partial charge >= 0.3 is 5.97 Å². The van der Waals surface area contributed by atoms with Crippen LogP contribution in [0.1, 0.15) is 17.2 Å². The Morgan fingerprint density at radius 2 is 1.37 bits per heavy atom. The third kappa shape index (κ3) is 5.33. The maximum absolute atomic E-state index is 12.8. The van der Waals surface area contributed by atoms with E-state index in [1.807, 2.05) is 84.9 Å². The zero-order valence-electron chi connectivity index (χ0n) is 17.1. The first-order valence-corrected chi connectivity index (χ1v) is 9.72. The van der Waals surface area contributed by atoms with E-state index < -0.39 is 18.1 Å². The Balaban J connectivity index is 1.73. The summed E-state index contributed by atoms with van der Waals surface area (Å²) in [5, 5.41) is 2.77. The first-order chi connectivity index (χ1) is 14.6. The van der Waals surface area contributed by atoms with Gasteiger partial charge in [0.1, 0.15) is 6.04 Å². The molecule has 0 aromatic heterocycles. The second-order valence-corrected chi connectivity index (χ2v) is 6.88. The van der Waals surface area contributed by atoms with E-state index in [9.17, 15) is 9.59 Å². The van der Waals surface area contributed by atoms with Gasteiger partial charge < -0.3 is 14.8 Å². The molecule has 3 rings (SSSR count). The minimum absolute atomic E-state index is 0.318. The van der Waals surface area contributed by atoms with Gasteiger partial charge in [-0.25, -0.2) is 4.79 Å². The zero-order valence-corrected chi connectivity index (χ0v) is 17.1. The quantitative estimate of drug-likeness (QED) is 0.579. The van der Waals surface area contributed by atoms with E-state index in [0.717, 1.165) is 16.7 Å². The van der Waals surface area contributed by atoms with Crippen molar-refractivity contribution >= 4 is 11.9 Å². The fourth-order valence-corrected chi connectivity index (χ4v) is 3.30. The largest absolute Gasteiger partial charge is 0.467 e. The summed E-state index contributed by atoms with van der Waals surface area (Å²) < 4.78 is 10.3. The van der Waals surface area contributed by atoms with Gasteiger partial charge in [-0.2, -0.15) is 0 Å². The van der Waals surface area contributed by atoms with E-state index in [1.165, 1.54) is 14.2 Å². The van der Waals surface area contributed by atoms with Crippen molar-refractivity contribution in [2.24, 2.45) is 0 Å². The van der Waals surface area contributed by atoms with Crippen LogP contribution in [0.3, 0.4) is 0 Å². The molecule has 0 fully saturated rings. The summed E-state index contributed by atoms with van der Waals surface area (Å²) in [5.74, 6) is -0.890. The summed E-state index contributed by atoms with van der Waals surface area (Å²) in [5.41, 5.74) is 3.83. The van der Waals surface area contributed by atoms with Gasteiger partial charge in [-0.3, -0.25) is 4.79 Å². The maximum atomic E-state index is 12.8. The van der Waals surface area contributed by atoms with Crippen molar-refractivity contribution < 1.29 is 19.1 Å². The molecule has 154 valence electrons. The second-order valence-electron chi connectivity index (χ2n) is 6.88. The normalized spacial score (nSPS) is 12.6. The molecule has 5 nitrogen and oxygen atoms in total. The highest BCUT2D eigenvalue weighted by Gasteiger charge is 2.27. The molecule has 0 unspecified atom stereocenters. The Hall–Kier alpha value is -3.44. The number of carbonyl (C=O) groups excluding carboxylic acids is 2. The Labute approximate surface area is 176 Å². The van der Waals surface area contributed by atoms with Crippen LogP contribution < -0.4 is 5.32 Å². The number of rotatable bonds is 8. The fraction of sp³-hybridized carbons (Fsp3) is 0.200. The lowest BCUT2D eigenvalue weighted by atomic mass is 10.00. The number of hydrogen-bond donors (Lipinski definition) is 1. The van der Waals surface area contributed by atoms with Crippen molar-refractivity contribution in [1.29, 1.82) is 0 Å². The van der Waals surface area contributed by atoms with Crippen LogP contribution in [0.2, 0.25) is 0 Å². The highest BCUT2D eigenvalue weighted by atomic mass is 16.5. The van der Waals surface area contributed by atoms with Gasteiger partial charge in [-0.1, -0.05) is 84.9 Å². The molecule has 0 heterocycles. The molecule has 1 amide bonds. The van der Waals surface area contributed by atoms with Crippen LogP contribution in [-0.2, 0) is 25.5 Å². The lowest BCUT2D eigenvalue weighted by Crippen LogP contribution is -2.45. The van der Waals surface area contributed by atoms with Gasteiger partial charge in [-0.05, 0) is 22.3 Å². The summed E-state index contributed by atoms with van der Waals surface area (Å²) in [6.45, 7) is 0. The summed E-state index contributed by atoms with van der Waals surface area (Å²) in [6, 6.07) is 26.3. The van der Waals surface area contributed by atoms with Crippen LogP contribution >= 0.6 is 0 Å². The monoisotopic (exact) mass is 403 g/mol. The van der Waals surface area contributed by atoms with Crippen molar-refractivity contribution in [3.63, 3.8) is 0 Å². The molecular weight excluding hydrogens is 378 g/mol. The number of benzene rings is 3. The van der Waals surface area contributed by atoms with E-state index in [4.69, 9.17) is 9.47 Å². The van der Waals surface area contributed by atoms with Crippen LogP contribution in [0.5, 0.6) is 0 Å². The molecular formula is C25H25NO4. The average Bonchev–Trinajstić information content (AvgIpc) is 2.80. The highest BCUT2D eigenvalue weighted by Crippen LogP contribution is 2.20. The Kier molecular flexibility index (Phi) is 7.35. The SMILES string of the molecule is COC(=O)[C@H](Cc1ccc(-c2ccccc2)cc1)NC(=O)[C@H](OC)c1ccccc1. The molecule has 0 aliphatic carbocycles. The van der Waals surface area contributed by atoms with E-state index in [2.05, 4.69) is 5.32 Å². The standard InChI is InChI=1S/C25H25NO4/c1-29-23(21-11-7-4-8-12-21)24(27)26-22(25(28)30-2)17-18-13-15-20(16-14-18)19-9-5-3-6-10-19/h3-16,22-23H,17H2,1-2H3,(H,26,27)/t22-,23+/m0/s1. The minimum Gasteiger partial charge on any atom is -0.467 e. The molecule has 3 aromatic carbocycles. The number of ether oxygens (including phenoxy) is 2. The Bertz CT molecular complexity index is 955. The topological polar surface area (TPSA) is 64.6 Å². The number of carbonyl (C=O) groups is 2. The minimum atomic E-state index is -0.813. The van der Waals surface area contributed by atoms with Crippen molar-refractivity contribution in [1.82, 2.24) is 5.32 Å². The van der Waals surface area contributed by atoms with E-state index in [1.54, 1.807) is 0 Å². The second kappa shape index (κ2) is 10.4. The molecule has 0 radical (unpaired) electrons. The third-order valence-corrected chi connectivity index (χ3v) is 4.88. The number of hydrogen-bond acceptors (Lipinski definition) is 4. The maximum Gasteiger partial charge on any atom is 0.328 e. The van der Waals surface area contributed by atoms with Gasteiger partial charge in [0.2, 0.25) is 0 Å². The molecule has 5 heteroatoms. The molecule has 0 bridgehead atoms. The Morgan fingerprint density at radius 3 is 1.93 bits per heavy atom. The number of nitrogens with one attached hydrogen (secondary N) is 1. The number of esters is 1. The average molecular weight is 403 g/mol. The van der Waals surface area contributed by atoms with Crippen LogP contribution in [0.25, 0.3) is 11.1 Å². The van der Waals surface area contributed by atoms with E-state index >= 15 is 0 Å². The van der Waals surface area contributed by atoms with Crippen molar-refractivity contribution in [3.8, 4) is 11.1 Å². The highest BCUT2D eigenvalue weighted by molar-refractivity contribution is 5.88. The lowest BCUT2D eigenvalue weighted by molar-refractivity contribution is -0.146. The van der Waals surface area contributed by atoms with Crippen molar-refractivity contribution in [2.75, 3.05) is 14.2 Å². The third-order valence-electron chi connectivity index (χ3n) is 4.88. The van der Waals surface area contributed by atoms with Crippen molar-refractivity contribution in [2.45, 2.75) is 18.6 Å². The molecule has 1 N–H and O–H groups in total. The predicted molar refractivity (Wildman–Crippen MR) is 116 cm³/mol. The molecule has 0 saturated heterocycles. The van der Waals surface area contributed by atoms with Gasteiger partial charge in [0.15, 0.2) is 6.10 Å².